The number of rotatable bonds is 3. The first-order valence-corrected chi connectivity index (χ1v) is 4.50. The lowest BCUT2D eigenvalue weighted by atomic mass is 10.3. The van der Waals surface area contributed by atoms with Crippen LogP contribution in [0.3, 0.4) is 0 Å². The average Bonchev–Trinajstić information content (AvgIpc) is 2.13. The van der Waals surface area contributed by atoms with E-state index in [-0.39, 0.29) is 6.61 Å². The van der Waals surface area contributed by atoms with Crippen molar-refractivity contribution >= 4 is 34.6 Å². The highest BCUT2D eigenvalue weighted by Crippen LogP contribution is 2.33. The average molecular weight is 221 g/mol. The van der Waals surface area contributed by atoms with Crippen LogP contribution in [-0.2, 0) is 0 Å². The number of aliphatic hydroxyl groups excluding tert-OH is 1. The van der Waals surface area contributed by atoms with E-state index in [1.54, 1.807) is 12.1 Å². The molecular formula is C8H10Cl2N2O. The molecule has 13 heavy (non-hydrogen) atoms. The Hall–Kier alpha value is -0.640. The van der Waals surface area contributed by atoms with E-state index in [1.807, 2.05) is 0 Å². The lowest BCUT2D eigenvalue weighted by Crippen LogP contribution is -2.06. The van der Waals surface area contributed by atoms with Crippen molar-refractivity contribution in [2.45, 2.75) is 0 Å². The summed E-state index contributed by atoms with van der Waals surface area (Å²) >= 11 is 11.6. The van der Waals surface area contributed by atoms with Crippen molar-refractivity contribution in [3.63, 3.8) is 0 Å². The molecule has 0 unspecified atom stereocenters. The lowest BCUT2D eigenvalue weighted by molar-refractivity contribution is 0.311. The molecule has 3 nitrogen and oxygen atoms in total. The fraction of sp³-hybridized carbons (Fsp3) is 0.250. The van der Waals surface area contributed by atoms with E-state index < -0.39 is 0 Å². The summed E-state index contributed by atoms with van der Waals surface area (Å²) in [5, 5.41) is 12.3. The summed E-state index contributed by atoms with van der Waals surface area (Å²) in [6.07, 6.45) is 0. The number of nitrogens with two attached hydrogens (primary N) is 1. The van der Waals surface area contributed by atoms with Crippen LogP contribution in [0.5, 0.6) is 0 Å². The number of benzene rings is 1. The maximum absolute atomic E-state index is 8.58. The first-order valence-electron chi connectivity index (χ1n) is 3.75. The van der Waals surface area contributed by atoms with E-state index in [0.717, 1.165) is 0 Å². The van der Waals surface area contributed by atoms with E-state index in [9.17, 15) is 0 Å². The van der Waals surface area contributed by atoms with Crippen molar-refractivity contribution < 1.29 is 5.11 Å². The predicted molar refractivity (Wildman–Crippen MR) is 56.4 cm³/mol. The van der Waals surface area contributed by atoms with Gasteiger partial charge in [-0.1, -0.05) is 23.2 Å². The molecule has 0 aliphatic heterocycles. The highest BCUT2D eigenvalue weighted by Gasteiger charge is 2.06. The van der Waals surface area contributed by atoms with Crippen LogP contribution in [0.1, 0.15) is 0 Å². The molecule has 0 aliphatic carbocycles. The number of hydrogen-bond acceptors (Lipinski definition) is 3. The van der Waals surface area contributed by atoms with Crippen molar-refractivity contribution in [1.29, 1.82) is 0 Å². The van der Waals surface area contributed by atoms with E-state index in [4.69, 9.17) is 34.0 Å². The van der Waals surface area contributed by atoms with Crippen LogP contribution in [0.15, 0.2) is 12.1 Å². The fourth-order valence-electron chi connectivity index (χ4n) is 0.896. The third kappa shape index (κ3) is 2.40. The Morgan fingerprint density at radius 1 is 1.38 bits per heavy atom. The minimum Gasteiger partial charge on any atom is -0.396 e. The standard InChI is InChI=1S/C8H10Cl2N2O/c9-5-1-2-6(12-3-4-13)7(10)8(5)11/h1-2,12-13H,3-4,11H2. The molecule has 0 bridgehead atoms. The summed E-state index contributed by atoms with van der Waals surface area (Å²) < 4.78 is 0. The van der Waals surface area contributed by atoms with Crippen molar-refractivity contribution in [3.05, 3.63) is 22.2 Å². The second kappa shape index (κ2) is 4.56. The molecule has 0 radical (unpaired) electrons. The number of halogens is 2. The van der Waals surface area contributed by atoms with Crippen LogP contribution >= 0.6 is 23.2 Å². The molecule has 0 atom stereocenters. The van der Waals surface area contributed by atoms with Gasteiger partial charge < -0.3 is 16.2 Å². The molecule has 0 amide bonds. The van der Waals surface area contributed by atoms with Crippen molar-refractivity contribution in [2.24, 2.45) is 0 Å². The van der Waals surface area contributed by atoms with Gasteiger partial charge in [-0.05, 0) is 12.1 Å². The summed E-state index contributed by atoms with van der Waals surface area (Å²) in [5.41, 5.74) is 6.62. The molecular weight excluding hydrogens is 211 g/mol. The van der Waals surface area contributed by atoms with Crippen molar-refractivity contribution in [1.82, 2.24) is 0 Å². The van der Waals surface area contributed by atoms with E-state index >= 15 is 0 Å². The van der Waals surface area contributed by atoms with Gasteiger partial charge in [0.1, 0.15) is 0 Å². The molecule has 0 saturated heterocycles. The molecule has 0 spiro atoms. The molecule has 1 rings (SSSR count). The molecule has 1 aromatic carbocycles. The van der Waals surface area contributed by atoms with E-state index in [0.29, 0.717) is 28.0 Å². The molecule has 0 saturated carbocycles. The summed E-state index contributed by atoms with van der Waals surface area (Å²) in [6, 6.07) is 3.37. The van der Waals surface area contributed by atoms with Gasteiger partial charge in [0.25, 0.3) is 0 Å². The molecule has 0 aliphatic rings. The smallest absolute Gasteiger partial charge is 0.0881 e. The van der Waals surface area contributed by atoms with E-state index in [1.165, 1.54) is 0 Å². The SMILES string of the molecule is Nc1c(Cl)ccc(NCCO)c1Cl. The highest BCUT2D eigenvalue weighted by atomic mass is 35.5. The third-order valence-electron chi connectivity index (χ3n) is 1.55. The van der Waals surface area contributed by atoms with Gasteiger partial charge in [-0.15, -0.1) is 0 Å². The van der Waals surface area contributed by atoms with Crippen LogP contribution in [0.2, 0.25) is 10.0 Å². The lowest BCUT2D eigenvalue weighted by Gasteiger charge is -2.09. The Balaban J connectivity index is 2.90. The zero-order valence-corrected chi connectivity index (χ0v) is 8.36. The van der Waals surface area contributed by atoms with Gasteiger partial charge in [-0.3, -0.25) is 0 Å². The van der Waals surface area contributed by atoms with Gasteiger partial charge in [0.05, 0.1) is 28.0 Å². The second-order valence-electron chi connectivity index (χ2n) is 2.47. The Kier molecular flexibility index (Phi) is 3.66. The number of nitrogen functional groups attached to an aromatic ring is 1. The third-order valence-corrected chi connectivity index (χ3v) is 2.29. The van der Waals surface area contributed by atoms with Gasteiger partial charge >= 0.3 is 0 Å². The van der Waals surface area contributed by atoms with Crippen molar-refractivity contribution in [3.8, 4) is 0 Å². The topological polar surface area (TPSA) is 58.3 Å². The number of anilines is 2. The maximum Gasteiger partial charge on any atom is 0.0881 e. The molecule has 1 aromatic rings. The molecule has 4 N–H and O–H groups in total. The maximum atomic E-state index is 8.58. The minimum absolute atomic E-state index is 0.0405. The molecule has 72 valence electrons. The predicted octanol–water partition coefficient (Wildman–Crippen LogP) is 1.98. The van der Waals surface area contributed by atoms with Crippen molar-refractivity contribution in [2.75, 3.05) is 24.2 Å². The van der Waals surface area contributed by atoms with Gasteiger partial charge in [0.2, 0.25) is 0 Å². The monoisotopic (exact) mass is 220 g/mol. The Bertz CT molecular complexity index is 304. The first kappa shape index (κ1) is 10.4. The molecule has 0 fully saturated rings. The molecule has 0 aromatic heterocycles. The normalized spacial score (nSPS) is 10.1. The number of nitrogens with one attached hydrogen (secondary N) is 1. The van der Waals surface area contributed by atoms with Crippen LogP contribution in [0, 0.1) is 0 Å². The number of hydrogen-bond donors (Lipinski definition) is 3. The Labute approximate surface area is 86.5 Å². The Morgan fingerprint density at radius 3 is 2.69 bits per heavy atom. The van der Waals surface area contributed by atoms with Crippen LogP contribution < -0.4 is 11.1 Å². The summed E-state index contributed by atoms with van der Waals surface area (Å²) in [7, 11) is 0. The largest absolute Gasteiger partial charge is 0.396 e. The summed E-state index contributed by atoms with van der Waals surface area (Å²) in [6.45, 7) is 0.472. The van der Waals surface area contributed by atoms with Crippen LogP contribution in [-0.4, -0.2) is 18.3 Å². The van der Waals surface area contributed by atoms with Gasteiger partial charge in [0, 0.05) is 6.54 Å². The minimum atomic E-state index is 0.0405. The van der Waals surface area contributed by atoms with Crippen LogP contribution in [0.25, 0.3) is 0 Å². The van der Waals surface area contributed by atoms with Gasteiger partial charge in [-0.25, -0.2) is 0 Å². The van der Waals surface area contributed by atoms with Gasteiger partial charge in [-0.2, -0.15) is 0 Å². The zero-order chi connectivity index (χ0) is 9.84. The second-order valence-corrected chi connectivity index (χ2v) is 3.26. The summed E-state index contributed by atoms with van der Waals surface area (Å²) in [5.74, 6) is 0. The van der Waals surface area contributed by atoms with E-state index in [2.05, 4.69) is 5.32 Å². The quantitative estimate of drug-likeness (QED) is 0.684. The summed E-state index contributed by atoms with van der Waals surface area (Å²) in [4.78, 5) is 0. The number of aliphatic hydroxyl groups is 1. The highest BCUT2D eigenvalue weighted by molar-refractivity contribution is 6.40. The zero-order valence-electron chi connectivity index (χ0n) is 6.85. The Morgan fingerprint density at radius 2 is 2.08 bits per heavy atom. The molecule has 5 heteroatoms. The van der Waals surface area contributed by atoms with Gasteiger partial charge in [0.15, 0.2) is 0 Å². The fourth-order valence-corrected chi connectivity index (χ4v) is 1.33. The first-order chi connectivity index (χ1) is 6.16. The molecule has 0 heterocycles. The van der Waals surface area contributed by atoms with Crippen LogP contribution in [0.4, 0.5) is 11.4 Å².